The first-order valence-corrected chi connectivity index (χ1v) is 6.52. The Morgan fingerprint density at radius 1 is 1.05 bits per heavy atom. The van der Waals surface area contributed by atoms with Gasteiger partial charge in [0.25, 0.3) is 0 Å². The van der Waals surface area contributed by atoms with Gasteiger partial charge in [0.05, 0.1) is 12.3 Å². The fourth-order valence-corrected chi connectivity index (χ4v) is 2.46. The zero-order chi connectivity index (χ0) is 13.2. The lowest BCUT2D eigenvalue weighted by Gasteiger charge is -2.09. The smallest absolute Gasteiger partial charge is 0.158 e. The van der Waals surface area contributed by atoms with E-state index in [-0.39, 0.29) is 12.3 Å². The molecule has 2 nitrogen and oxygen atoms in total. The third kappa shape index (κ3) is 2.45. The van der Waals surface area contributed by atoms with Gasteiger partial charge >= 0.3 is 0 Å². The molecule has 0 aliphatic carbocycles. The summed E-state index contributed by atoms with van der Waals surface area (Å²) in [5, 5.41) is 0.664. The molecule has 0 fully saturated rings. The van der Waals surface area contributed by atoms with Crippen LogP contribution >= 0.6 is 11.6 Å². The van der Waals surface area contributed by atoms with Crippen molar-refractivity contribution in [2.45, 2.75) is 6.42 Å². The summed E-state index contributed by atoms with van der Waals surface area (Å²) in [4.78, 5) is 16.2. The van der Waals surface area contributed by atoms with Crippen LogP contribution in [-0.2, 0) is 11.2 Å². The number of rotatable bonds is 1. The summed E-state index contributed by atoms with van der Waals surface area (Å²) in [6.07, 6.45) is 0.423. The van der Waals surface area contributed by atoms with Gasteiger partial charge in [-0.25, -0.2) is 0 Å². The Kier molecular flexibility index (Phi) is 3.18. The fraction of sp³-hybridized carbons (Fsp3) is 0.125. The molecule has 3 heteroatoms. The lowest BCUT2D eigenvalue weighted by Crippen LogP contribution is -2.05. The van der Waals surface area contributed by atoms with Gasteiger partial charge in [-0.2, -0.15) is 0 Å². The van der Waals surface area contributed by atoms with Crippen molar-refractivity contribution >= 4 is 23.1 Å². The minimum atomic E-state index is 0.134. The lowest BCUT2D eigenvalue weighted by molar-refractivity contribution is -0.117. The van der Waals surface area contributed by atoms with Crippen LogP contribution in [0.5, 0.6) is 0 Å². The average Bonchev–Trinajstić information content (AvgIpc) is 2.58. The molecule has 0 saturated carbocycles. The lowest BCUT2D eigenvalue weighted by atomic mass is 9.96. The van der Waals surface area contributed by atoms with E-state index < -0.39 is 0 Å². The van der Waals surface area contributed by atoms with Gasteiger partial charge in [0.15, 0.2) is 5.78 Å². The molecule has 0 aromatic heterocycles. The molecular formula is C16H12ClNO. The van der Waals surface area contributed by atoms with E-state index in [4.69, 9.17) is 11.6 Å². The molecular weight excluding hydrogens is 258 g/mol. The van der Waals surface area contributed by atoms with Gasteiger partial charge in [0.1, 0.15) is 0 Å². The monoisotopic (exact) mass is 269 g/mol. The highest BCUT2D eigenvalue weighted by atomic mass is 35.5. The number of aliphatic imine (C=N–C) groups is 1. The normalized spacial score (nSPS) is 14.6. The second-order valence-corrected chi connectivity index (χ2v) is 4.98. The molecule has 0 atom stereocenters. The van der Waals surface area contributed by atoms with E-state index in [0.29, 0.717) is 11.4 Å². The summed E-state index contributed by atoms with van der Waals surface area (Å²) in [6, 6.07) is 15.5. The van der Waals surface area contributed by atoms with Crippen LogP contribution in [-0.4, -0.2) is 18.0 Å². The second-order valence-electron chi connectivity index (χ2n) is 4.55. The Morgan fingerprint density at radius 2 is 1.84 bits per heavy atom. The summed E-state index contributed by atoms with van der Waals surface area (Å²) >= 11 is 6.08. The zero-order valence-electron chi connectivity index (χ0n) is 10.3. The maximum atomic E-state index is 11.8. The Bertz CT molecular complexity index is 662. The highest BCUT2D eigenvalue weighted by molar-refractivity contribution is 6.31. The molecule has 0 radical (unpaired) electrons. The van der Waals surface area contributed by atoms with Crippen LogP contribution in [0.15, 0.2) is 53.5 Å². The Hall–Kier alpha value is -1.93. The van der Waals surface area contributed by atoms with Crippen LogP contribution in [0.25, 0.3) is 0 Å². The molecule has 2 aromatic rings. The van der Waals surface area contributed by atoms with Gasteiger partial charge in [-0.3, -0.25) is 9.79 Å². The predicted molar refractivity (Wildman–Crippen MR) is 77.1 cm³/mol. The number of nitrogens with zero attached hydrogens (tertiary/aromatic N) is 1. The van der Waals surface area contributed by atoms with Crippen LogP contribution < -0.4 is 0 Å². The van der Waals surface area contributed by atoms with E-state index in [1.165, 1.54) is 0 Å². The first-order valence-electron chi connectivity index (χ1n) is 6.14. The van der Waals surface area contributed by atoms with Crippen LogP contribution in [0.2, 0.25) is 5.02 Å². The van der Waals surface area contributed by atoms with E-state index in [1.807, 2.05) is 48.5 Å². The summed E-state index contributed by atoms with van der Waals surface area (Å²) < 4.78 is 0. The first kappa shape index (κ1) is 12.1. The van der Waals surface area contributed by atoms with Gasteiger partial charge in [0.2, 0.25) is 0 Å². The number of carbonyl (C=O) groups excluding carboxylic acids is 1. The van der Waals surface area contributed by atoms with E-state index >= 15 is 0 Å². The van der Waals surface area contributed by atoms with E-state index in [9.17, 15) is 4.79 Å². The van der Waals surface area contributed by atoms with Crippen molar-refractivity contribution in [2.75, 3.05) is 6.54 Å². The van der Waals surface area contributed by atoms with Gasteiger partial charge < -0.3 is 0 Å². The molecule has 19 heavy (non-hydrogen) atoms. The van der Waals surface area contributed by atoms with E-state index in [2.05, 4.69) is 4.99 Å². The number of hydrogen-bond acceptors (Lipinski definition) is 2. The molecule has 0 unspecified atom stereocenters. The summed E-state index contributed by atoms with van der Waals surface area (Å²) in [5.74, 6) is 0.134. The second kappa shape index (κ2) is 4.98. The zero-order valence-corrected chi connectivity index (χ0v) is 11.0. The maximum Gasteiger partial charge on any atom is 0.158 e. The molecule has 2 aromatic carbocycles. The van der Waals surface area contributed by atoms with Crippen LogP contribution in [0.4, 0.5) is 0 Å². The summed E-state index contributed by atoms with van der Waals surface area (Å²) in [7, 11) is 0. The molecule has 1 aliphatic rings. The average molecular weight is 270 g/mol. The number of Topliss-reactive ketones (excluding diaryl/α,β-unsaturated/α-hetero) is 1. The molecule has 94 valence electrons. The number of hydrogen-bond donors (Lipinski definition) is 0. The largest absolute Gasteiger partial charge is 0.297 e. The van der Waals surface area contributed by atoms with Crippen molar-refractivity contribution < 1.29 is 4.79 Å². The minimum Gasteiger partial charge on any atom is -0.297 e. The quantitative estimate of drug-likeness (QED) is 0.781. The Morgan fingerprint density at radius 3 is 2.63 bits per heavy atom. The number of halogens is 1. The van der Waals surface area contributed by atoms with Crippen molar-refractivity contribution in [1.29, 1.82) is 0 Å². The summed E-state index contributed by atoms with van der Waals surface area (Å²) in [6.45, 7) is 0.233. The number of fused-ring (bicyclic) bond motifs is 1. The third-order valence-corrected chi connectivity index (χ3v) is 3.41. The van der Waals surface area contributed by atoms with Gasteiger partial charge in [-0.1, -0.05) is 48.0 Å². The highest BCUT2D eigenvalue weighted by Crippen LogP contribution is 2.23. The molecule has 0 amide bonds. The molecule has 0 spiro atoms. The van der Waals surface area contributed by atoms with Crippen LogP contribution in [0, 0.1) is 0 Å². The maximum absolute atomic E-state index is 11.8. The topological polar surface area (TPSA) is 29.4 Å². The van der Waals surface area contributed by atoms with Gasteiger partial charge in [-0.05, 0) is 17.7 Å². The van der Waals surface area contributed by atoms with Crippen molar-refractivity contribution in [3.63, 3.8) is 0 Å². The first-order chi connectivity index (χ1) is 9.24. The van der Waals surface area contributed by atoms with E-state index in [1.54, 1.807) is 0 Å². The van der Waals surface area contributed by atoms with Crippen molar-refractivity contribution in [3.05, 3.63) is 70.2 Å². The molecule has 0 N–H and O–H groups in total. The molecule has 1 aliphatic heterocycles. The minimum absolute atomic E-state index is 0.134. The van der Waals surface area contributed by atoms with Gasteiger partial charge in [-0.15, -0.1) is 0 Å². The number of carbonyl (C=O) groups is 1. The molecule has 0 bridgehead atoms. The number of benzene rings is 2. The van der Waals surface area contributed by atoms with Crippen molar-refractivity contribution in [3.8, 4) is 0 Å². The molecule has 0 saturated heterocycles. The third-order valence-electron chi connectivity index (χ3n) is 3.18. The van der Waals surface area contributed by atoms with E-state index in [0.717, 1.165) is 22.4 Å². The molecule has 3 rings (SSSR count). The number of ketones is 1. The van der Waals surface area contributed by atoms with Crippen molar-refractivity contribution in [2.24, 2.45) is 4.99 Å². The van der Waals surface area contributed by atoms with Gasteiger partial charge in [0, 0.05) is 22.6 Å². The Balaban J connectivity index is 2.20. The van der Waals surface area contributed by atoms with Crippen molar-refractivity contribution in [1.82, 2.24) is 0 Å². The summed E-state index contributed by atoms with van der Waals surface area (Å²) in [5.41, 5.74) is 3.82. The Labute approximate surface area is 116 Å². The van der Waals surface area contributed by atoms with Crippen LogP contribution in [0.3, 0.4) is 0 Å². The fourth-order valence-electron chi connectivity index (χ4n) is 2.29. The highest BCUT2D eigenvalue weighted by Gasteiger charge is 2.18. The predicted octanol–water partition coefficient (Wildman–Crippen LogP) is 3.30. The van der Waals surface area contributed by atoms with Crippen LogP contribution in [0.1, 0.15) is 16.7 Å². The molecule has 1 heterocycles. The standard InChI is InChI=1S/C16H12ClNO/c17-13-7-6-12-8-14(19)10-18-16(15(12)9-13)11-4-2-1-3-5-11/h1-7,9H,8,10H2. The SMILES string of the molecule is O=C1CN=C(c2ccccc2)c2cc(Cl)ccc2C1.